The van der Waals surface area contributed by atoms with Crippen LogP contribution in [0.15, 0.2) is 36.4 Å². The van der Waals surface area contributed by atoms with Crippen molar-refractivity contribution in [3.05, 3.63) is 59.0 Å². The second-order valence-corrected chi connectivity index (χ2v) is 9.85. The molecular weight excluding hydrogens is 458 g/mol. The van der Waals surface area contributed by atoms with Gasteiger partial charge in [-0.1, -0.05) is 18.2 Å². The van der Waals surface area contributed by atoms with E-state index in [4.69, 9.17) is 10.7 Å². The topological polar surface area (TPSA) is 61.2 Å². The molecule has 1 aromatic carbocycles. The Hall–Kier alpha value is -2.65. The Balaban J connectivity index is 1.56. The zero-order valence-corrected chi connectivity index (χ0v) is 19.8. The first kappa shape index (κ1) is 24.1. The van der Waals surface area contributed by atoms with Crippen molar-refractivity contribution in [2.75, 3.05) is 38.6 Å². The van der Waals surface area contributed by atoms with Crippen LogP contribution in [-0.4, -0.2) is 64.8 Å². The summed E-state index contributed by atoms with van der Waals surface area (Å²) in [5, 5.41) is 1.04. The molecule has 1 saturated heterocycles. The normalized spacial score (nSPS) is 23.7. The lowest BCUT2D eigenvalue weighted by Crippen LogP contribution is -2.47. The van der Waals surface area contributed by atoms with Crippen LogP contribution in [0, 0.1) is 0 Å². The average Bonchev–Trinajstić information content (AvgIpc) is 3.43. The maximum absolute atomic E-state index is 13.7. The van der Waals surface area contributed by atoms with E-state index in [-0.39, 0.29) is 18.6 Å². The van der Waals surface area contributed by atoms with Gasteiger partial charge in [-0.2, -0.15) is 13.2 Å². The molecule has 4 heterocycles. The minimum Gasteiger partial charge on any atom is -0.397 e. The minimum atomic E-state index is -4.34. The summed E-state index contributed by atoms with van der Waals surface area (Å²) < 4.78 is 53.7. The van der Waals surface area contributed by atoms with Crippen molar-refractivity contribution < 1.29 is 17.6 Å². The third-order valence-electron chi connectivity index (χ3n) is 7.41. The van der Waals surface area contributed by atoms with Gasteiger partial charge in [-0.05, 0) is 56.5 Å². The van der Waals surface area contributed by atoms with Gasteiger partial charge in [0.05, 0.1) is 36.3 Å². The van der Waals surface area contributed by atoms with Crippen LogP contribution < -0.4 is 5.73 Å². The standard InChI is InChI=1S/C26H31F4N5/c1-16-13-19-18-5-2-3-6-21(18)32-24(19)25(35(16)15-26(28,29)30)22-8-7-20(31)23(33-22)17-9-12-34(14-17)11-4-10-27/h2-3,5-8,16-17,25,32H,4,9-15,31H2,1H3/t16-,17-,25-/m1/s1. The molecule has 2 aromatic heterocycles. The lowest BCUT2D eigenvalue weighted by Gasteiger charge is -2.40. The van der Waals surface area contributed by atoms with Gasteiger partial charge >= 0.3 is 6.18 Å². The molecule has 0 amide bonds. The smallest absolute Gasteiger partial charge is 0.397 e. The Bertz CT molecular complexity index is 1190. The average molecular weight is 490 g/mol. The van der Waals surface area contributed by atoms with Crippen molar-refractivity contribution in [3.8, 4) is 0 Å². The Morgan fingerprint density at radius 1 is 1.17 bits per heavy atom. The molecule has 0 unspecified atom stereocenters. The number of likely N-dealkylation sites (tertiary alicyclic amines) is 1. The fourth-order valence-corrected chi connectivity index (χ4v) is 5.80. The van der Waals surface area contributed by atoms with Crippen molar-refractivity contribution in [1.82, 2.24) is 19.8 Å². The molecule has 3 N–H and O–H groups in total. The number of anilines is 1. The molecule has 3 atom stereocenters. The molecule has 9 heteroatoms. The van der Waals surface area contributed by atoms with Crippen molar-refractivity contribution in [3.63, 3.8) is 0 Å². The molecule has 2 aliphatic heterocycles. The molecule has 0 spiro atoms. The van der Waals surface area contributed by atoms with E-state index in [1.165, 1.54) is 4.90 Å². The van der Waals surface area contributed by atoms with Gasteiger partial charge in [-0.3, -0.25) is 14.3 Å². The summed E-state index contributed by atoms with van der Waals surface area (Å²) in [6.45, 7) is 2.73. The summed E-state index contributed by atoms with van der Waals surface area (Å²) in [6.07, 6.45) is -2.47. The number of para-hydroxylation sites is 1. The van der Waals surface area contributed by atoms with Crippen LogP contribution in [-0.2, 0) is 6.42 Å². The molecule has 35 heavy (non-hydrogen) atoms. The van der Waals surface area contributed by atoms with Crippen LogP contribution in [0.3, 0.4) is 0 Å². The molecule has 0 aliphatic carbocycles. The van der Waals surface area contributed by atoms with Crippen LogP contribution in [0.5, 0.6) is 0 Å². The first-order chi connectivity index (χ1) is 16.7. The SMILES string of the molecule is C[C@@H]1Cc2c([nH]c3ccccc23)[C@@H](c2ccc(N)c([C@@H]3CCN(CCCF)C3)n2)N1CC(F)(F)F. The van der Waals surface area contributed by atoms with Crippen LogP contribution >= 0.6 is 0 Å². The third-order valence-corrected chi connectivity index (χ3v) is 7.41. The molecule has 3 aromatic rings. The summed E-state index contributed by atoms with van der Waals surface area (Å²) in [7, 11) is 0. The number of H-pyrrole nitrogens is 1. The third kappa shape index (κ3) is 4.76. The number of nitrogens with zero attached hydrogens (tertiary/aromatic N) is 3. The number of hydrogen-bond donors (Lipinski definition) is 2. The predicted molar refractivity (Wildman–Crippen MR) is 129 cm³/mol. The quantitative estimate of drug-likeness (QED) is 0.468. The number of halogens is 4. The summed E-state index contributed by atoms with van der Waals surface area (Å²) in [5.41, 5.74) is 10.9. The molecule has 188 valence electrons. The number of aromatic nitrogens is 2. The summed E-state index contributed by atoms with van der Waals surface area (Å²) in [4.78, 5) is 12.0. The number of nitrogens with one attached hydrogen (secondary N) is 1. The van der Waals surface area contributed by atoms with Crippen molar-refractivity contribution in [2.24, 2.45) is 0 Å². The number of fused-ring (bicyclic) bond motifs is 3. The molecule has 2 aliphatic rings. The van der Waals surface area contributed by atoms with Crippen molar-refractivity contribution >= 4 is 16.6 Å². The number of pyridine rings is 1. The molecule has 0 saturated carbocycles. The molecule has 5 nitrogen and oxygen atoms in total. The van der Waals surface area contributed by atoms with Gasteiger partial charge in [0.15, 0.2) is 0 Å². The predicted octanol–water partition coefficient (Wildman–Crippen LogP) is 5.19. The van der Waals surface area contributed by atoms with Gasteiger partial charge in [0.1, 0.15) is 0 Å². The lowest BCUT2D eigenvalue weighted by atomic mass is 9.90. The summed E-state index contributed by atoms with van der Waals surface area (Å²) >= 11 is 0. The number of rotatable bonds is 6. The Labute approximate surface area is 202 Å². The van der Waals surface area contributed by atoms with Gasteiger partial charge in [-0.15, -0.1) is 0 Å². The number of hydrogen-bond acceptors (Lipinski definition) is 4. The minimum absolute atomic E-state index is 0.0776. The number of nitrogens with two attached hydrogens (primary N) is 1. The van der Waals surface area contributed by atoms with E-state index in [1.54, 1.807) is 12.1 Å². The zero-order chi connectivity index (χ0) is 24.7. The van der Waals surface area contributed by atoms with E-state index in [0.29, 0.717) is 30.8 Å². The number of nitrogen functional groups attached to an aromatic ring is 1. The highest BCUT2D eigenvalue weighted by molar-refractivity contribution is 5.85. The van der Waals surface area contributed by atoms with Gasteiger partial charge in [-0.25, -0.2) is 0 Å². The van der Waals surface area contributed by atoms with Crippen LogP contribution in [0.25, 0.3) is 10.9 Å². The fraction of sp³-hybridized carbons (Fsp3) is 0.500. The van der Waals surface area contributed by atoms with Crippen molar-refractivity contribution in [1.29, 1.82) is 0 Å². The highest BCUT2D eigenvalue weighted by Gasteiger charge is 2.42. The van der Waals surface area contributed by atoms with Crippen LogP contribution in [0.4, 0.5) is 23.2 Å². The van der Waals surface area contributed by atoms with E-state index in [0.717, 1.165) is 47.4 Å². The Kier molecular flexibility index (Phi) is 6.48. The Morgan fingerprint density at radius 2 is 1.97 bits per heavy atom. The largest absolute Gasteiger partial charge is 0.401 e. The fourth-order valence-electron chi connectivity index (χ4n) is 5.80. The number of benzene rings is 1. The number of aromatic amines is 1. The second kappa shape index (κ2) is 9.43. The van der Waals surface area contributed by atoms with E-state index in [2.05, 4.69) is 9.88 Å². The zero-order valence-electron chi connectivity index (χ0n) is 19.8. The first-order valence-electron chi connectivity index (χ1n) is 12.2. The molecule has 0 bridgehead atoms. The number of alkyl halides is 4. The second-order valence-electron chi connectivity index (χ2n) is 9.85. The van der Waals surface area contributed by atoms with Crippen LogP contribution in [0.2, 0.25) is 0 Å². The molecule has 0 radical (unpaired) electrons. The maximum atomic E-state index is 13.7. The van der Waals surface area contributed by atoms with Gasteiger partial charge < -0.3 is 15.6 Å². The first-order valence-corrected chi connectivity index (χ1v) is 12.2. The summed E-state index contributed by atoms with van der Waals surface area (Å²) in [6, 6.07) is 10.4. The van der Waals surface area contributed by atoms with E-state index in [9.17, 15) is 17.6 Å². The van der Waals surface area contributed by atoms with Crippen LogP contribution in [0.1, 0.15) is 54.4 Å². The molecular formula is C26H31F4N5. The van der Waals surface area contributed by atoms with E-state index < -0.39 is 18.8 Å². The van der Waals surface area contributed by atoms with Gasteiger partial charge in [0.25, 0.3) is 0 Å². The Morgan fingerprint density at radius 3 is 2.74 bits per heavy atom. The highest BCUT2D eigenvalue weighted by Crippen LogP contribution is 2.42. The highest BCUT2D eigenvalue weighted by atomic mass is 19.4. The molecule has 1 fully saturated rings. The van der Waals surface area contributed by atoms with Gasteiger partial charge in [0, 0.05) is 41.6 Å². The maximum Gasteiger partial charge on any atom is 0.401 e. The lowest BCUT2D eigenvalue weighted by molar-refractivity contribution is -0.155. The monoisotopic (exact) mass is 489 g/mol. The van der Waals surface area contributed by atoms with Crippen molar-refractivity contribution in [2.45, 2.75) is 50.4 Å². The molecule has 5 rings (SSSR count). The van der Waals surface area contributed by atoms with E-state index >= 15 is 0 Å². The summed E-state index contributed by atoms with van der Waals surface area (Å²) in [5.74, 6) is 0.0776. The van der Waals surface area contributed by atoms with E-state index in [1.807, 2.05) is 31.2 Å². The van der Waals surface area contributed by atoms with Gasteiger partial charge in [0.2, 0.25) is 0 Å².